The first-order valence-electron chi connectivity index (χ1n) is 11.9. The molecular formula is C25H46N2O3. The topological polar surface area (TPSA) is 45.2 Å². The molecule has 0 spiro atoms. The van der Waals surface area contributed by atoms with Crippen molar-refractivity contribution in [3.8, 4) is 5.75 Å². The quantitative estimate of drug-likeness (QED) is 0.580. The van der Waals surface area contributed by atoms with Crippen LogP contribution in [0, 0.1) is 0 Å². The molecule has 1 aromatic rings. The molecule has 3 unspecified atom stereocenters. The second-order valence-electron chi connectivity index (χ2n) is 8.05. The largest absolute Gasteiger partial charge is 0.495 e. The minimum absolute atomic E-state index is 0.0636. The van der Waals surface area contributed by atoms with Gasteiger partial charge < -0.3 is 24.4 Å². The predicted octanol–water partition coefficient (Wildman–Crippen LogP) is 4.92. The lowest BCUT2D eigenvalue weighted by Gasteiger charge is -2.29. The minimum Gasteiger partial charge on any atom is -0.495 e. The first-order chi connectivity index (χ1) is 14.5. The molecule has 1 aliphatic rings. The Morgan fingerprint density at radius 1 is 1.20 bits per heavy atom. The molecule has 0 amide bonds. The standard InChI is InChI=1S/C23H40N2O3.C2H6/c1-6-28-20-10-8-15-25(17-13-20)16-9-14-24(4)23-21(18(2)19(3)26)11-7-12-22(23)27-5;1-2/h7,11-12,18-20,26H,6,8-10,13-17H2,1-5H3;1-2H3. The molecule has 2 rings (SSSR count). The second-order valence-corrected chi connectivity index (χ2v) is 8.05. The average molecular weight is 423 g/mol. The molecule has 1 aliphatic heterocycles. The van der Waals surface area contributed by atoms with Crippen LogP contribution in [-0.2, 0) is 4.74 Å². The van der Waals surface area contributed by atoms with Gasteiger partial charge in [0, 0.05) is 32.7 Å². The molecule has 1 N–H and O–H groups in total. The monoisotopic (exact) mass is 422 g/mol. The first kappa shape index (κ1) is 26.7. The molecule has 1 heterocycles. The highest BCUT2D eigenvalue weighted by molar-refractivity contribution is 5.64. The van der Waals surface area contributed by atoms with Gasteiger partial charge in [-0.25, -0.2) is 0 Å². The van der Waals surface area contributed by atoms with Crippen LogP contribution in [0.25, 0.3) is 0 Å². The molecule has 5 nitrogen and oxygen atoms in total. The van der Waals surface area contributed by atoms with Crippen LogP contribution in [0.4, 0.5) is 5.69 Å². The zero-order chi connectivity index (χ0) is 22.5. The van der Waals surface area contributed by atoms with Crippen molar-refractivity contribution < 1.29 is 14.6 Å². The van der Waals surface area contributed by atoms with Gasteiger partial charge in [-0.05, 0) is 64.3 Å². The number of aliphatic hydroxyl groups excluding tert-OH is 1. The van der Waals surface area contributed by atoms with E-state index in [4.69, 9.17) is 9.47 Å². The smallest absolute Gasteiger partial charge is 0.142 e. The first-order valence-corrected chi connectivity index (χ1v) is 11.9. The molecule has 1 aromatic carbocycles. The van der Waals surface area contributed by atoms with Crippen LogP contribution < -0.4 is 9.64 Å². The SMILES string of the molecule is CC.CCOC1CCCN(CCCN(C)c2c(OC)cccc2C(C)C(C)O)CC1. The van der Waals surface area contributed by atoms with Gasteiger partial charge >= 0.3 is 0 Å². The number of para-hydroxylation sites is 1. The van der Waals surface area contributed by atoms with Gasteiger partial charge in [0.2, 0.25) is 0 Å². The van der Waals surface area contributed by atoms with Crippen molar-refractivity contribution in [2.24, 2.45) is 0 Å². The number of rotatable bonds is 10. The summed E-state index contributed by atoms with van der Waals surface area (Å²) in [7, 11) is 3.85. The Balaban J connectivity index is 0.00000218. The molecule has 0 saturated carbocycles. The number of methoxy groups -OCH3 is 1. The summed E-state index contributed by atoms with van der Waals surface area (Å²) < 4.78 is 11.5. The van der Waals surface area contributed by atoms with Crippen LogP contribution >= 0.6 is 0 Å². The van der Waals surface area contributed by atoms with Crippen molar-refractivity contribution in [1.29, 1.82) is 0 Å². The third kappa shape index (κ3) is 8.09. The molecule has 30 heavy (non-hydrogen) atoms. The molecule has 1 fully saturated rings. The Morgan fingerprint density at radius 3 is 2.57 bits per heavy atom. The van der Waals surface area contributed by atoms with Crippen molar-refractivity contribution in [2.75, 3.05) is 51.8 Å². The summed E-state index contributed by atoms with van der Waals surface area (Å²) in [6, 6.07) is 6.12. The van der Waals surface area contributed by atoms with E-state index < -0.39 is 6.10 Å². The highest BCUT2D eigenvalue weighted by Gasteiger charge is 2.21. The Labute approximate surface area is 185 Å². The Bertz CT molecular complexity index is 580. The zero-order valence-corrected chi connectivity index (χ0v) is 20.5. The lowest BCUT2D eigenvalue weighted by Crippen LogP contribution is -2.30. The van der Waals surface area contributed by atoms with E-state index in [0.717, 1.165) is 56.1 Å². The highest BCUT2D eigenvalue weighted by Crippen LogP contribution is 2.37. The highest BCUT2D eigenvalue weighted by atomic mass is 16.5. The number of ether oxygens (including phenoxy) is 2. The maximum absolute atomic E-state index is 10.1. The Hall–Kier alpha value is -1.30. The summed E-state index contributed by atoms with van der Waals surface area (Å²) >= 11 is 0. The van der Waals surface area contributed by atoms with Crippen molar-refractivity contribution in [1.82, 2.24) is 4.90 Å². The summed E-state index contributed by atoms with van der Waals surface area (Å²) in [5.41, 5.74) is 2.25. The van der Waals surface area contributed by atoms with Crippen LogP contribution in [0.15, 0.2) is 18.2 Å². The van der Waals surface area contributed by atoms with E-state index in [9.17, 15) is 5.11 Å². The maximum atomic E-state index is 10.1. The molecule has 0 aromatic heterocycles. The normalized spacial score (nSPS) is 19.3. The average Bonchev–Trinajstić information content (AvgIpc) is 2.99. The van der Waals surface area contributed by atoms with E-state index in [1.165, 1.54) is 19.4 Å². The fraction of sp³-hybridized carbons (Fsp3) is 0.760. The Morgan fingerprint density at radius 2 is 1.93 bits per heavy atom. The molecule has 5 heteroatoms. The van der Waals surface area contributed by atoms with Crippen LogP contribution in [-0.4, -0.2) is 69.2 Å². The van der Waals surface area contributed by atoms with Gasteiger partial charge in [0.25, 0.3) is 0 Å². The number of aliphatic hydroxyl groups is 1. The van der Waals surface area contributed by atoms with E-state index in [1.807, 2.05) is 32.9 Å². The zero-order valence-electron chi connectivity index (χ0n) is 20.5. The van der Waals surface area contributed by atoms with Gasteiger partial charge in [-0.1, -0.05) is 32.9 Å². The van der Waals surface area contributed by atoms with Gasteiger partial charge in [0.15, 0.2) is 0 Å². The van der Waals surface area contributed by atoms with Crippen molar-refractivity contribution >= 4 is 5.69 Å². The lowest BCUT2D eigenvalue weighted by molar-refractivity contribution is 0.0526. The van der Waals surface area contributed by atoms with E-state index >= 15 is 0 Å². The number of hydrogen-bond donors (Lipinski definition) is 1. The molecule has 3 atom stereocenters. The van der Waals surface area contributed by atoms with E-state index in [2.05, 4.69) is 36.8 Å². The third-order valence-corrected chi connectivity index (χ3v) is 5.98. The summed E-state index contributed by atoms with van der Waals surface area (Å²) in [6.07, 6.45) is 4.71. The summed E-state index contributed by atoms with van der Waals surface area (Å²) in [5, 5.41) is 10.1. The number of benzene rings is 1. The molecular weight excluding hydrogens is 376 g/mol. The molecule has 174 valence electrons. The fourth-order valence-electron chi connectivity index (χ4n) is 4.13. The van der Waals surface area contributed by atoms with Crippen LogP contribution in [0.2, 0.25) is 0 Å². The van der Waals surface area contributed by atoms with Gasteiger partial charge in [-0.15, -0.1) is 0 Å². The summed E-state index contributed by atoms with van der Waals surface area (Å²) in [6.45, 7) is 15.2. The van der Waals surface area contributed by atoms with E-state index in [1.54, 1.807) is 7.11 Å². The van der Waals surface area contributed by atoms with Crippen LogP contribution in [0.3, 0.4) is 0 Å². The van der Waals surface area contributed by atoms with Crippen molar-refractivity contribution in [2.45, 2.75) is 78.4 Å². The van der Waals surface area contributed by atoms with Crippen molar-refractivity contribution in [3.63, 3.8) is 0 Å². The molecule has 1 saturated heterocycles. The Kier molecular flexibility index (Phi) is 13.1. The minimum atomic E-state index is -0.394. The van der Waals surface area contributed by atoms with Crippen LogP contribution in [0.1, 0.15) is 71.8 Å². The fourth-order valence-corrected chi connectivity index (χ4v) is 4.13. The van der Waals surface area contributed by atoms with Crippen molar-refractivity contribution in [3.05, 3.63) is 23.8 Å². The van der Waals surface area contributed by atoms with Gasteiger partial charge in [0.1, 0.15) is 5.75 Å². The maximum Gasteiger partial charge on any atom is 0.142 e. The third-order valence-electron chi connectivity index (χ3n) is 5.98. The van der Waals surface area contributed by atoms with Crippen LogP contribution in [0.5, 0.6) is 5.75 Å². The predicted molar refractivity (Wildman–Crippen MR) is 128 cm³/mol. The number of anilines is 1. The van der Waals surface area contributed by atoms with E-state index in [-0.39, 0.29) is 5.92 Å². The number of hydrogen-bond acceptors (Lipinski definition) is 5. The van der Waals surface area contributed by atoms with Gasteiger partial charge in [0.05, 0.1) is 25.0 Å². The molecule has 0 radical (unpaired) electrons. The lowest BCUT2D eigenvalue weighted by atomic mass is 9.93. The number of nitrogens with zero attached hydrogens (tertiary/aromatic N) is 2. The van der Waals surface area contributed by atoms with Gasteiger partial charge in [-0.2, -0.15) is 0 Å². The van der Waals surface area contributed by atoms with Gasteiger partial charge in [-0.3, -0.25) is 0 Å². The number of likely N-dealkylation sites (tertiary alicyclic amines) is 1. The molecule has 0 aliphatic carbocycles. The summed E-state index contributed by atoms with van der Waals surface area (Å²) in [5.74, 6) is 0.940. The molecule has 0 bridgehead atoms. The second kappa shape index (κ2) is 14.7. The summed E-state index contributed by atoms with van der Waals surface area (Å²) in [4.78, 5) is 4.86. The van der Waals surface area contributed by atoms with E-state index in [0.29, 0.717) is 6.10 Å².